The molecule has 18 heavy (non-hydrogen) atoms. The summed E-state index contributed by atoms with van der Waals surface area (Å²) in [6.45, 7) is 0. The van der Waals surface area contributed by atoms with Gasteiger partial charge in [0, 0.05) is 24.5 Å². The van der Waals surface area contributed by atoms with Crippen molar-refractivity contribution in [2.24, 2.45) is 5.92 Å². The highest BCUT2D eigenvalue weighted by molar-refractivity contribution is 5.81. The van der Waals surface area contributed by atoms with Crippen molar-refractivity contribution in [3.63, 3.8) is 0 Å². The number of hydrogen-bond donors (Lipinski definition) is 0. The average molecular weight is 251 g/mol. The Morgan fingerprint density at radius 2 is 2.17 bits per heavy atom. The fourth-order valence-electron chi connectivity index (χ4n) is 2.37. The minimum atomic E-state index is -0.550. The van der Waals surface area contributed by atoms with Crippen molar-refractivity contribution in [3.05, 3.63) is 39.7 Å². The van der Waals surface area contributed by atoms with Crippen molar-refractivity contribution in [2.45, 2.75) is 32.1 Å². The van der Waals surface area contributed by atoms with Gasteiger partial charge in [0.05, 0.1) is 4.92 Å². The molecule has 1 fully saturated rings. The quantitative estimate of drug-likeness (QED) is 0.612. The molecular weight excluding hydrogens is 237 g/mol. The van der Waals surface area contributed by atoms with E-state index in [1.807, 2.05) is 0 Å². The molecule has 96 valence electrons. The molecule has 0 amide bonds. The van der Waals surface area contributed by atoms with Crippen molar-refractivity contribution in [3.8, 4) is 0 Å². The minimum absolute atomic E-state index is 0.130. The number of rotatable bonds is 3. The van der Waals surface area contributed by atoms with Gasteiger partial charge >= 0.3 is 0 Å². The van der Waals surface area contributed by atoms with E-state index in [9.17, 15) is 19.3 Å². The third kappa shape index (κ3) is 2.72. The zero-order chi connectivity index (χ0) is 13.1. The summed E-state index contributed by atoms with van der Waals surface area (Å²) in [5.41, 5.74) is 0.138. The van der Waals surface area contributed by atoms with Crippen LogP contribution in [0.15, 0.2) is 18.2 Å². The maximum absolute atomic E-state index is 13.6. The Labute approximate surface area is 104 Å². The molecule has 0 aromatic heterocycles. The molecule has 0 N–H and O–H groups in total. The Hall–Kier alpha value is -1.78. The SMILES string of the molecule is O=C1CCCCC1Cc1cc([N+](=O)[O-])ccc1F. The van der Waals surface area contributed by atoms with Crippen LogP contribution in [0.5, 0.6) is 0 Å². The number of hydrogen-bond acceptors (Lipinski definition) is 3. The van der Waals surface area contributed by atoms with E-state index in [0.717, 1.165) is 31.4 Å². The lowest BCUT2D eigenvalue weighted by atomic mass is 9.83. The molecule has 0 spiro atoms. The number of ketones is 1. The number of carbonyl (C=O) groups is 1. The van der Waals surface area contributed by atoms with E-state index < -0.39 is 10.7 Å². The first-order valence-electron chi connectivity index (χ1n) is 6.03. The molecule has 4 nitrogen and oxygen atoms in total. The maximum Gasteiger partial charge on any atom is 0.269 e. The van der Waals surface area contributed by atoms with Crippen LogP contribution in [0, 0.1) is 21.8 Å². The Morgan fingerprint density at radius 3 is 2.83 bits per heavy atom. The average Bonchev–Trinajstić information content (AvgIpc) is 2.34. The summed E-state index contributed by atoms with van der Waals surface area (Å²) in [5.74, 6) is -0.513. The monoisotopic (exact) mass is 251 g/mol. The summed E-state index contributed by atoms with van der Waals surface area (Å²) in [6.07, 6.45) is 3.42. The lowest BCUT2D eigenvalue weighted by Crippen LogP contribution is -2.21. The van der Waals surface area contributed by atoms with Gasteiger partial charge in [-0.15, -0.1) is 0 Å². The molecule has 2 rings (SSSR count). The lowest BCUT2D eigenvalue weighted by molar-refractivity contribution is -0.385. The second kappa shape index (κ2) is 5.25. The smallest absolute Gasteiger partial charge is 0.269 e. The van der Waals surface area contributed by atoms with E-state index in [2.05, 4.69) is 0 Å². The standard InChI is InChI=1S/C13H14FNO3/c14-12-6-5-11(15(17)18)8-10(12)7-9-3-1-2-4-13(9)16/h5-6,8-9H,1-4,7H2. The third-order valence-corrected chi connectivity index (χ3v) is 3.39. The Morgan fingerprint density at radius 1 is 1.39 bits per heavy atom. The molecule has 0 aliphatic heterocycles. The van der Waals surface area contributed by atoms with Crippen molar-refractivity contribution in [2.75, 3.05) is 0 Å². The summed E-state index contributed by atoms with van der Waals surface area (Å²) < 4.78 is 13.6. The van der Waals surface area contributed by atoms with E-state index in [1.165, 1.54) is 6.07 Å². The van der Waals surface area contributed by atoms with E-state index in [4.69, 9.17) is 0 Å². The highest BCUT2D eigenvalue weighted by Crippen LogP contribution is 2.26. The summed E-state index contributed by atoms with van der Waals surface area (Å²) in [4.78, 5) is 21.8. The largest absolute Gasteiger partial charge is 0.299 e. The highest BCUT2D eigenvalue weighted by atomic mass is 19.1. The van der Waals surface area contributed by atoms with E-state index in [0.29, 0.717) is 6.42 Å². The van der Waals surface area contributed by atoms with Gasteiger partial charge < -0.3 is 0 Å². The van der Waals surface area contributed by atoms with Crippen LogP contribution in [0.4, 0.5) is 10.1 Å². The van der Waals surface area contributed by atoms with Gasteiger partial charge in [-0.25, -0.2) is 4.39 Å². The topological polar surface area (TPSA) is 60.2 Å². The van der Waals surface area contributed by atoms with Crippen LogP contribution < -0.4 is 0 Å². The zero-order valence-corrected chi connectivity index (χ0v) is 9.89. The van der Waals surface area contributed by atoms with Crippen LogP contribution in [-0.4, -0.2) is 10.7 Å². The van der Waals surface area contributed by atoms with E-state index in [-0.39, 0.29) is 29.4 Å². The van der Waals surface area contributed by atoms with Crippen LogP contribution in [0.2, 0.25) is 0 Å². The van der Waals surface area contributed by atoms with Crippen LogP contribution in [0.25, 0.3) is 0 Å². The van der Waals surface area contributed by atoms with E-state index in [1.54, 1.807) is 0 Å². The summed E-state index contributed by atoms with van der Waals surface area (Å²) in [5, 5.41) is 10.6. The maximum atomic E-state index is 13.6. The predicted molar refractivity (Wildman–Crippen MR) is 63.7 cm³/mol. The van der Waals surface area contributed by atoms with Crippen LogP contribution in [0.3, 0.4) is 0 Å². The van der Waals surface area contributed by atoms with Gasteiger partial charge in [-0.3, -0.25) is 14.9 Å². The number of nitro groups is 1. The van der Waals surface area contributed by atoms with Crippen LogP contribution in [0.1, 0.15) is 31.2 Å². The second-order valence-electron chi connectivity index (χ2n) is 4.65. The molecule has 1 saturated carbocycles. The van der Waals surface area contributed by atoms with Crippen molar-refractivity contribution in [1.82, 2.24) is 0 Å². The molecular formula is C13H14FNO3. The Bertz CT molecular complexity index is 487. The summed E-state index contributed by atoms with van der Waals surface area (Å²) >= 11 is 0. The van der Waals surface area contributed by atoms with Crippen LogP contribution >= 0.6 is 0 Å². The normalized spacial score (nSPS) is 19.8. The van der Waals surface area contributed by atoms with Crippen LogP contribution in [-0.2, 0) is 11.2 Å². The number of non-ortho nitro benzene ring substituents is 1. The molecule has 1 atom stereocenters. The Kier molecular flexibility index (Phi) is 3.69. The molecule has 1 aromatic carbocycles. The van der Waals surface area contributed by atoms with E-state index >= 15 is 0 Å². The summed E-state index contributed by atoms with van der Waals surface area (Å²) in [6, 6.07) is 3.47. The predicted octanol–water partition coefficient (Wildman–Crippen LogP) is 3.04. The van der Waals surface area contributed by atoms with Gasteiger partial charge in [0.1, 0.15) is 11.6 Å². The summed E-state index contributed by atoms with van der Waals surface area (Å²) in [7, 11) is 0. The molecule has 0 saturated heterocycles. The first kappa shape index (κ1) is 12.7. The molecule has 5 heteroatoms. The number of nitro benzene ring substituents is 1. The fraction of sp³-hybridized carbons (Fsp3) is 0.462. The fourth-order valence-corrected chi connectivity index (χ4v) is 2.37. The van der Waals surface area contributed by atoms with Crippen molar-refractivity contribution in [1.29, 1.82) is 0 Å². The first-order chi connectivity index (χ1) is 8.58. The van der Waals surface area contributed by atoms with Gasteiger partial charge in [0.2, 0.25) is 0 Å². The second-order valence-corrected chi connectivity index (χ2v) is 4.65. The number of Topliss-reactive ketones (excluding diaryl/α,β-unsaturated/α-hetero) is 1. The number of carbonyl (C=O) groups excluding carboxylic acids is 1. The van der Waals surface area contributed by atoms with Gasteiger partial charge in [-0.1, -0.05) is 6.42 Å². The van der Waals surface area contributed by atoms with Gasteiger partial charge in [0.15, 0.2) is 0 Å². The zero-order valence-electron chi connectivity index (χ0n) is 9.89. The molecule has 1 unspecified atom stereocenters. The molecule has 1 aromatic rings. The molecule has 1 aliphatic carbocycles. The molecule has 1 aliphatic rings. The van der Waals surface area contributed by atoms with Gasteiger partial charge in [0.25, 0.3) is 5.69 Å². The first-order valence-corrected chi connectivity index (χ1v) is 6.03. The van der Waals surface area contributed by atoms with Gasteiger partial charge in [-0.05, 0) is 30.9 Å². The van der Waals surface area contributed by atoms with Crippen molar-refractivity contribution >= 4 is 11.5 Å². The number of halogens is 1. The third-order valence-electron chi connectivity index (χ3n) is 3.39. The number of nitrogens with zero attached hydrogens (tertiary/aromatic N) is 1. The lowest BCUT2D eigenvalue weighted by Gasteiger charge is -2.20. The van der Waals surface area contributed by atoms with Crippen molar-refractivity contribution < 1.29 is 14.1 Å². The molecule has 0 radical (unpaired) electrons. The van der Waals surface area contributed by atoms with Gasteiger partial charge in [-0.2, -0.15) is 0 Å². The number of benzene rings is 1. The molecule has 0 bridgehead atoms. The Balaban J connectivity index is 2.19. The highest BCUT2D eigenvalue weighted by Gasteiger charge is 2.24. The minimum Gasteiger partial charge on any atom is -0.299 e. The molecule has 0 heterocycles.